The minimum atomic E-state index is -0.314. The predicted octanol–water partition coefficient (Wildman–Crippen LogP) is 6.08. The first-order valence-electron chi connectivity index (χ1n) is 13.8. The molecular formula is C31H37N5O2. The van der Waals surface area contributed by atoms with Crippen molar-refractivity contribution in [2.24, 2.45) is 10.2 Å². The fourth-order valence-electron chi connectivity index (χ4n) is 5.55. The molecule has 0 unspecified atom stereocenters. The summed E-state index contributed by atoms with van der Waals surface area (Å²) >= 11 is 0. The van der Waals surface area contributed by atoms with Gasteiger partial charge in [0.2, 0.25) is 0 Å². The summed E-state index contributed by atoms with van der Waals surface area (Å²) in [4.78, 5) is 18.8. The Bertz CT molecular complexity index is 1280. The second-order valence-electron chi connectivity index (χ2n) is 10.4. The number of hydrogen-bond acceptors (Lipinski definition) is 5. The average molecular weight is 512 g/mol. The number of nitrogens with zero attached hydrogens (tertiary/aromatic N) is 3. The van der Waals surface area contributed by atoms with E-state index in [1.165, 1.54) is 5.56 Å². The van der Waals surface area contributed by atoms with E-state index in [2.05, 4.69) is 45.5 Å². The van der Waals surface area contributed by atoms with Gasteiger partial charge in [-0.2, -0.15) is 10.2 Å². The maximum atomic E-state index is 13.4. The van der Waals surface area contributed by atoms with Crippen LogP contribution in [0.2, 0.25) is 0 Å². The zero-order valence-corrected chi connectivity index (χ0v) is 22.2. The third-order valence-electron chi connectivity index (χ3n) is 7.77. The number of fused-ring (bicyclic) bond motifs is 1. The fraction of sp³-hybridized carbons (Fsp3) is 0.452. The summed E-state index contributed by atoms with van der Waals surface area (Å²) in [5.74, 6) is 3.61. The molecule has 3 aromatic rings. The van der Waals surface area contributed by atoms with Crippen molar-refractivity contribution >= 4 is 16.8 Å². The van der Waals surface area contributed by atoms with Gasteiger partial charge in [-0.1, -0.05) is 30.3 Å². The van der Waals surface area contributed by atoms with Crippen molar-refractivity contribution in [1.82, 2.24) is 15.2 Å². The Hall–Kier alpha value is -3.63. The molecule has 38 heavy (non-hydrogen) atoms. The summed E-state index contributed by atoms with van der Waals surface area (Å²) in [6.45, 7) is 4.12. The first-order valence-corrected chi connectivity index (χ1v) is 13.8. The SMILES string of the molecule is C#CCCC1(CCOc2cccc(CN[C@@H]3CCC[C@H](N(CC)C(=O)c4cc5ccccc5[nH]4)C3)c2)N=N1. The van der Waals surface area contributed by atoms with Crippen molar-refractivity contribution in [3.63, 3.8) is 0 Å². The normalized spacial score (nSPS) is 19.7. The third kappa shape index (κ3) is 6.25. The highest BCUT2D eigenvalue weighted by Crippen LogP contribution is 2.36. The van der Waals surface area contributed by atoms with Gasteiger partial charge < -0.3 is 19.9 Å². The van der Waals surface area contributed by atoms with Crippen LogP contribution < -0.4 is 10.1 Å². The van der Waals surface area contributed by atoms with Crippen LogP contribution in [0.1, 0.15) is 67.9 Å². The van der Waals surface area contributed by atoms with E-state index in [9.17, 15) is 4.79 Å². The monoisotopic (exact) mass is 511 g/mol. The minimum absolute atomic E-state index is 0.0899. The quantitative estimate of drug-likeness (QED) is 0.289. The summed E-state index contributed by atoms with van der Waals surface area (Å²) in [6.07, 6.45) is 11.8. The number of nitrogens with one attached hydrogen (secondary N) is 2. The van der Waals surface area contributed by atoms with Gasteiger partial charge >= 0.3 is 0 Å². The van der Waals surface area contributed by atoms with Crippen LogP contribution in [0.4, 0.5) is 0 Å². The summed E-state index contributed by atoms with van der Waals surface area (Å²) in [7, 11) is 0. The molecule has 2 aromatic carbocycles. The maximum Gasteiger partial charge on any atom is 0.270 e. The number of aromatic nitrogens is 1. The molecule has 198 valence electrons. The summed E-state index contributed by atoms with van der Waals surface area (Å²) in [6, 6.07) is 18.9. The van der Waals surface area contributed by atoms with Gasteiger partial charge in [-0.25, -0.2) is 0 Å². The molecule has 5 rings (SSSR count). The van der Waals surface area contributed by atoms with E-state index in [1.807, 2.05) is 47.4 Å². The molecule has 1 saturated carbocycles. The number of carbonyl (C=O) groups is 1. The standard InChI is InChI=1S/C31H37N5O2/c1-3-5-16-31(34-35-31)17-18-38-27-14-8-10-23(19-27)22-32-25-12-9-13-26(21-25)36(4-2)30(37)29-20-24-11-6-7-15-28(24)33-29/h1,6-8,10-11,14-15,19-20,25-26,32-33H,4-5,9,12-13,16-18,21-22H2,2H3/t25-,26+/m1/s1. The number of H-pyrrole nitrogens is 1. The van der Waals surface area contributed by atoms with Crippen molar-refractivity contribution in [1.29, 1.82) is 0 Å². The van der Waals surface area contributed by atoms with E-state index in [0.29, 0.717) is 31.3 Å². The summed E-state index contributed by atoms with van der Waals surface area (Å²) in [5, 5.41) is 13.2. The number of aromatic amines is 1. The highest BCUT2D eigenvalue weighted by atomic mass is 16.5. The van der Waals surface area contributed by atoms with Gasteiger partial charge in [0.25, 0.3) is 5.91 Å². The van der Waals surface area contributed by atoms with Gasteiger partial charge in [-0.05, 0) is 62.4 Å². The maximum absolute atomic E-state index is 13.4. The molecule has 1 aromatic heterocycles. The molecule has 1 aliphatic heterocycles. The third-order valence-corrected chi connectivity index (χ3v) is 7.77. The van der Waals surface area contributed by atoms with Crippen LogP contribution >= 0.6 is 0 Å². The predicted molar refractivity (Wildman–Crippen MR) is 150 cm³/mol. The van der Waals surface area contributed by atoms with Crippen LogP contribution in [0, 0.1) is 12.3 Å². The van der Waals surface area contributed by atoms with E-state index >= 15 is 0 Å². The number of amides is 1. The number of terminal acetylenes is 1. The Morgan fingerprint density at radius 1 is 1.18 bits per heavy atom. The first kappa shape index (κ1) is 26.0. The Kier molecular flexibility index (Phi) is 8.09. The molecule has 2 N–H and O–H groups in total. The molecule has 7 nitrogen and oxygen atoms in total. The van der Waals surface area contributed by atoms with Crippen LogP contribution in [0.25, 0.3) is 10.9 Å². The van der Waals surface area contributed by atoms with Gasteiger partial charge in [0, 0.05) is 55.3 Å². The molecule has 1 fully saturated rings. The molecule has 2 atom stereocenters. The van der Waals surface area contributed by atoms with Crippen LogP contribution in [0.5, 0.6) is 5.75 Å². The zero-order valence-electron chi connectivity index (χ0n) is 22.2. The van der Waals surface area contributed by atoms with Crippen molar-refractivity contribution in [2.45, 2.75) is 76.2 Å². The summed E-state index contributed by atoms with van der Waals surface area (Å²) in [5.41, 5.74) is 2.55. The molecule has 2 heterocycles. The lowest BCUT2D eigenvalue weighted by Gasteiger charge is -2.37. The highest BCUT2D eigenvalue weighted by molar-refractivity contribution is 5.98. The van der Waals surface area contributed by atoms with E-state index in [-0.39, 0.29) is 17.6 Å². The second-order valence-corrected chi connectivity index (χ2v) is 10.4. The number of para-hydroxylation sites is 1. The van der Waals surface area contributed by atoms with Gasteiger partial charge in [0.1, 0.15) is 11.4 Å². The van der Waals surface area contributed by atoms with E-state index in [1.54, 1.807) is 0 Å². The number of rotatable bonds is 12. The van der Waals surface area contributed by atoms with Crippen molar-refractivity contribution in [3.05, 3.63) is 65.9 Å². The lowest BCUT2D eigenvalue weighted by atomic mass is 9.89. The second kappa shape index (κ2) is 11.8. The molecule has 1 amide bonds. The molecule has 0 saturated heterocycles. The number of carbonyl (C=O) groups excluding carboxylic acids is 1. The van der Waals surface area contributed by atoms with Crippen molar-refractivity contribution < 1.29 is 9.53 Å². The molecule has 0 radical (unpaired) electrons. The van der Waals surface area contributed by atoms with Gasteiger partial charge in [-0.3, -0.25) is 4.79 Å². The van der Waals surface area contributed by atoms with E-state index < -0.39 is 0 Å². The smallest absolute Gasteiger partial charge is 0.270 e. The zero-order chi connectivity index (χ0) is 26.4. The average Bonchev–Trinajstić information content (AvgIpc) is 3.58. The fourth-order valence-corrected chi connectivity index (χ4v) is 5.55. The Morgan fingerprint density at radius 2 is 2.05 bits per heavy atom. The van der Waals surface area contributed by atoms with Crippen LogP contribution in [0.15, 0.2) is 64.8 Å². The van der Waals surface area contributed by atoms with Crippen molar-refractivity contribution in [2.75, 3.05) is 13.2 Å². The van der Waals surface area contributed by atoms with Gasteiger partial charge in [0.05, 0.1) is 6.61 Å². The lowest BCUT2D eigenvalue weighted by molar-refractivity contribution is 0.0623. The molecular weight excluding hydrogens is 474 g/mol. The van der Waals surface area contributed by atoms with E-state index in [4.69, 9.17) is 11.2 Å². The lowest BCUT2D eigenvalue weighted by Crippen LogP contribution is -2.46. The largest absolute Gasteiger partial charge is 0.493 e. The van der Waals surface area contributed by atoms with Crippen molar-refractivity contribution in [3.8, 4) is 18.1 Å². The van der Waals surface area contributed by atoms with E-state index in [0.717, 1.165) is 61.7 Å². The summed E-state index contributed by atoms with van der Waals surface area (Å²) < 4.78 is 6.00. The highest BCUT2D eigenvalue weighted by Gasteiger charge is 2.39. The number of benzene rings is 2. The van der Waals surface area contributed by atoms with Crippen LogP contribution in [-0.4, -0.2) is 46.7 Å². The molecule has 2 aliphatic rings. The Morgan fingerprint density at radius 3 is 2.84 bits per heavy atom. The van der Waals surface area contributed by atoms with Crippen LogP contribution in [0.3, 0.4) is 0 Å². The molecule has 1 aliphatic carbocycles. The van der Waals surface area contributed by atoms with Crippen LogP contribution in [-0.2, 0) is 6.54 Å². The van der Waals surface area contributed by atoms with Gasteiger partial charge in [-0.15, -0.1) is 12.3 Å². The number of ether oxygens (including phenoxy) is 1. The molecule has 0 bridgehead atoms. The first-order chi connectivity index (χ1) is 18.6. The van der Waals surface area contributed by atoms with Gasteiger partial charge in [0.15, 0.2) is 5.66 Å². The topological polar surface area (TPSA) is 82.1 Å². The molecule has 7 heteroatoms. The molecule has 0 spiro atoms. The Balaban J connectivity index is 1.12. The number of hydrogen-bond donors (Lipinski definition) is 2. The minimum Gasteiger partial charge on any atom is -0.493 e. The Labute approximate surface area is 225 Å².